The monoisotopic (exact) mass is 464 g/mol. The van der Waals surface area contributed by atoms with Crippen LogP contribution in [0, 0.1) is 0 Å². The quantitative estimate of drug-likeness (QED) is 0.426. The van der Waals surface area contributed by atoms with E-state index in [-0.39, 0.29) is 0 Å². The van der Waals surface area contributed by atoms with Gasteiger partial charge in [0.1, 0.15) is 0 Å². The first-order valence-electron chi connectivity index (χ1n) is 5.53. The van der Waals surface area contributed by atoms with Crippen LogP contribution in [0.1, 0.15) is 0 Å². The summed E-state index contributed by atoms with van der Waals surface area (Å²) >= 11 is 0. The molecular weight excluding hydrogens is 464 g/mol. The van der Waals surface area contributed by atoms with Gasteiger partial charge in [-0.05, 0) is 0 Å². The predicted molar refractivity (Wildman–Crippen MR) is 48.5 cm³/mol. The lowest BCUT2D eigenvalue weighted by Crippen LogP contribution is -2.93. The SMILES string of the molecule is O=S(=O)(F)C1(C(F)(F)F)C(F)(F)C(F)(F)C(F)(F)C(F)(F)C1(F)C(F)(F)F. The van der Waals surface area contributed by atoms with Crippen LogP contribution in [0.2, 0.25) is 0 Å². The summed E-state index contributed by atoms with van der Waals surface area (Å²) in [5, 5.41) is 0. The molecule has 0 N–H and O–H groups in total. The topological polar surface area (TPSA) is 34.1 Å². The average Bonchev–Trinajstić information content (AvgIpc) is 2.31. The van der Waals surface area contributed by atoms with E-state index in [1.807, 2.05) is 0 Å². The molecule has 0 bridgehead atoms. The van der Waals surface area contributed by atoms with Crippen LogP contribution in [0.5, 0.6) is 0 Å². The van der Waals surface area contributed by atoms with Gasteiger partial charge in [-0.2, -0.15) is 69.9 Å². The molecule has 0 saturated heterocycles. The number of hydrogen-bond donors (Lipinski definition) is 0. The maximum atomic E-state index is 14.0. The summed E-state index contributed by atoms with van der Waals surface area (Å²) in [6, 6.07) is 0. The van der Waals surface area contributed by atoms with Gasteiger partial charge in [0.15, 0.2) is 0 Å². The summed E-state index contributed by atoms with van der Waals surface area (Å²) in [6.07, 6.45) is -16.8. The van der Waals surface area contributed by atoms with Gasteiger partial charge in [-0.3, -0.25) is 0 Å². The zero-order valence-corrected chi connectivity index (χ0v) is 12.1. The van der Waals surface area contributed by atoms with Crippen molar-refractivity contribution in [1.82, 2.24) is 0 Å². The minimum atomic E-state index is -9.20. The third-order valence-electron chi connectivity index (χ3n) is 3.70. The van der Waals surface area contributed by atoms with E-state index < -0.39 is 56.7 Å². The fraction of sp³-hybridized carbons (Fsp3) is 1.00. The number of rotatable bonds is 1. The predicted octanol–water partition coefficient (Wildman–Crippen LogP) is 4.41. The number of alkyl halides is 15. The van der Waals surface area contributed by atoms with E-state index in [0.717, 1.165) is 0 Å². The van der Waals surface area contributed by atoms with E-state index in [9.17, 15) is 78.2 Å². The molecule has 0 aromatic carbocycles. The van der Waals surface area contributed by atoms with Gasteiger partial charge in [0.25, 0.3) is 0 Å². The standard InChI is InChI=1S/C8F16O2S/c9-1(7(18,19)20)2(8(21,22)23,27(24,25)26)4(12,13)6(16,17)5(14,15)3(1,10)11. The molecule has 1 rings (SSSR count). The maximum absolute atomic E-state index is 14.0. The Morgan fingerprint density at radius 1 is 0.519 bits per heavy atom. The van der Waals surface area contributed by atoms with Gasteiger partial charge in [-0.15, -0.1) is 3.89 Å². The van der Waals surface area contributed by atoms with Crippen LogP contribution in [0.3, 0.4) is 0 Å². The molecule has 19 heteroatoms. The van der Waals surface area contributed by atoms with Crippen molar-refractivity contribution in [3.63, 3.8) is 0 Å². The summed E-state index contributed by atoms with van der Waals surface area (Å²) in [5.74, 6) is -33.7. The molecule has 1 aliphatic carbocycles. The van der Waals surface area contributed by atoms with Crippen molar-refractivity contribution < 1.29 is 78.2 Å². The Labute approximate surface area is 136 Å². The fourth-order valence-electron chi connectivity index (χ4n) is 2.48. The first-order valence-corrected chi connectivity index (χ1v) is 6.91. The third-order valence-corrected chi connectivity index (χ3v) is 5.20. The van der Waals surface area contributed by atoms with Gasteiger partial charge in [-0.1, -0.05) is 0 Å². The van der Waals surface area contributed by atoms with Gasteiger partial charge in [-0.25, -0.2) is 4.39 Å². The molecule has 0 heterocycles. The van der Waals surface area contributed by atoms with Gasteiger partial charge in [0.05, 0.1) is 0 Å². The Kier molecular flexibility index (Phi) is 4.47. The highest BCUT2D eigenvalue weighted by molar-refractivity contribution is 7.88. The second-order valence-electron chi connectivity index (χ2n) is 5.07. The van der Waals surface area contributed by atoms with Gasteiger partial charge < -0.3 is 0 Å². The largest absolute Gasteiger partial charge is 0.431 e. The molecule has 1 aliphatic rings. The van der Waals surface area contributed by atoms with Crippen LogP contribution in [0.15, 0.2) is 0 Å². The van der Waals surface area contributed by atoms with Crippen LogP contribution in [-0.2, 0) is 10.2 Å². The van der Waals surface area contributed by atoms with Crippen molar-refractivity contribution in [2.45, 2.75) is 46.5 Å². The molecule has 2 atom stereocenters. The van der Waals surface area contributed by atoms with Crippen molar-refractivity contribution in [2.24, 2.45) is 0 Å². The summed E-state index contributed by atoms with van der Waals surface area (Å²) in [5.41, 5.74) is -8.78. The Morgan fingerprint density at radius 3 is 1.04 bits per heavy atom. The summed E-state index contributed by atoms with van der Waals surface area (Å²) in [6.45, 7) is 0. The smallest absolute Gasteiger partial charge is 0.224 e. The third kappa shape index (κ3) is 2.03. The second-order valence-corrected chi connectivity index (χ2v) is 6.56. The zero-order chi connectivity index (χ0) is 22.5. The van der Waals surface area contributed by atoms with E-state index >= 15 is 0 Å². The number of hydrogen-bond acceptors (Lipinski definition) is 2. The highest BCUT2D eigenvalue weighted by Crippen LogP contribution is 2.75. The molecule has 0 aromatic heterocycles. The summed E-state index contributed by atoms with van der Waals surface area (Å²) in [7, 11) is -9.20. The van der Waals surface area contributed by atoms with Crippen molar-refractivity contribution in [2.75, 3.05) is 0 Å². The van der Waals surface area contributed by atoms with Crippen LogP contribution in [0.25, 0.3) is 0 Å². The van der Waals surface area contributed by atoms with Gasteiger partial charge in [0.2, 0.25) is 0 Å². The van der Waals surface area contributed by atoms with E-state index in [0.29, 0.717) is 0 Å². The summed E-state index contributed by atoms with van der Waals surface area (Å²) in [4.78, 5) is 0. The first-order chi connectivity index (χ1) is 11.2. The van der Waals surface area contributed by atoms with E-state index in [4.69, 9.17) is 0 Å². The van der Waals surface area contributed by atoms with Crippen molar-refractivity contribution >= 4 is 10.2 Å². The molecule has 1 saturated carbocycles. The van der Waals surface area contributed by atoms with Crippen molar-refractivity contribution in [3.8, 4) is 0 Å². The molecule has 27 heavy (non-hydrogen) atoms. The van der Waals surface area contributed by atoms with Gasteiger partial charge >= 0.3 is 56.7 Å². The molecular formula is C8F16O2S. The highest BCUT2D eigenvalue weighted by Gasteiger charge is 3.11. The van der Waals surface area contributed by atoms with Crippen LogP contribution in [-0.4, -0.2) is 54.9 Å². The van der Waals surface area contributed by atoms with Crippen LogP contribution in [0.4, 0.5) is 69.7 Å². The Balaban J connectivity index is 4.58. The molecule has 0 aromatic rings. The Hall–Kier alpha value is -1.17. The molecule has 1 fully saturated rings. The first kappa shape index (κ1) is 23.9. The van der Waals surface area contributed by atoms with Gasteiger partial charge in [0, 0.05) is 0 Å². The molecule has 0 amide bonds. The van der Waals surface area contributed by atoms with Crippen molar-refractivity contribution in [3.05, 3.63) is 0 Å². The van der Waals surface area contributed by atoms with Crippen molar-refractivity contribution in [1.29, 1.82) is 0 Å². The molecule has 0 spiro atoms. The van der Waals surface area contributed by atoms with E-state index in [1.165, 1.54) is 0 Å². The van der Waals surface area contributed by atoms with Crippen LogP contribution < -0.4 is 0 Å². The summed E-state index contributed by atoms with van der Waals surface area (Å²) < 4.78 is 221. The van der Waals surface area contributed by atoms with E-state index in [2.05, 4.69) is 0 Å². The molecule has 2 unspecified atom stereocenters. The normalized spacial score (nSPS) is 35.7. The van der Waals surface area contributed by atoms with E-state index in [1.54, 1.807) is 0 Å². The molecule has 0 aliphatic heterocycles. The molecule has 162 valence electrons. The minimum absolute atomic E-state index is 8.26. The van der Waals surface area contributed by atoms with Crippen LogP contribution >= 0.6 is 0 Å². The number of halogens is 16. The lowest BCUT2D eigenvalue weighted by atomic mass is 9.66. The second kappa shape index (κ2) is 5.05. The fourth-order valence-corrected chi connectivity index (χ4v) is 3.77. The highest BCUT2D eigenvalue weighted by atomic mass is 32.3. The molecule has 2 nitrogen and oxygen atoms in total. The lowest BCUT2D eigenvalue weighted by Gasteiger charge is -2.57. The average molecular weight is 464 g/mol. The molecule has 0 radical (unpaired) electrons. The minimum Gasteiger partial charge on any atom is -0.224 e. The Bertz CT molecular complexity index is 730. The Morgan fingerprint density at radius 2 is 0.815 bits per heavy atom. The maximum Gasteiger partial charge on any atom is 0.431 e. The lowest BCUT2D eigenvalue weighted by molar-refractivity contribution is -0.489. The zero-order valence-electron chi connectivity index (χ0n) is 11.3.